The summed E-state index contributed by atoms with van der Waals surface area (Å²) in [5, 5.41) is 8.15. The van der Waals surface area contributed by atoms with Gasteiger partial charge in [-0.05, 0) is 42.3 Å². The monoisotopic (exact) mass is 427 g/mol. The molecule has 0 unspecified atom stereocenters. The van der Waals surface area contributed by atoms with Crippen molar-refractivity contribution in [2.24, 2.45) is 0 Å². The molecule has 146 valence electrons. The lowest BCUT2D eigenvalue weighted by Crippen LogP contribution is -2.16. The molecule has 0 saturated carbocycles. The van der Waals surface area contributed by atoms with Gasteiger partial charge in [-0.15, -0.1) is 0 Å². The van der Waals surface area contributed by atoms with Crippen molar-refractivity contribution in [1.29, 1.82) is 5.26 Å². The molecule has 0 fully saturated rings. The Morgan fingerprint density at radius 3 is 2.52 bits per heavy atom. The predicted molar refractivity (Wildman–Crippen MR) is 105 cm³/mol. The predicted octanol–water partition coefficient (Wildman–Crippen LogP) is 3.50. The van der Waals surface area contributed by atoms with E-state index in [-0.39, 0.29) is 22.2 Å². The largest absolute Gasteiger partial charge is 0.422 e. The minimum atomic E-state index is -3.92. The number of carbonyl (C=O) groups is 1. The second-order valence-corrected chi connectivity index (χ2v) is 8.35. The van der Waals surface area contributed by atoms with Crippen LogP contribution in [0.25, 0.3) is 0 Å². The minimum absolute atomic E-state index is 0.140. The number of hydrogen-bond acceptors (Lipinski definition) is 7. The number of ether oxygens (including phenoxy) is 1. The van der Waals surface area contributed by atoms with Gasteiger partial charge in [-0.2, -0.15) is 5.26 Å². The van der Waals surface area contributed by atoms with E-state index in [1.54, 1.807) is 25.1 Å². The summed E-state index contributed by atoms with van der Waals surface area (Å²) in [6.07, 6.45) is 1.05. The van der Waals surface area contributed by atoms with Crippen molar-refractivity contribution in [3.8, 4) is 11.8 Å². The van der Waals surface area contributed by atoms with Crippen molar-refractivity contribution in [3.05, 3.63) is 82.1 Å². The molecule has 0 amide bonds. The molecule has 0 aliphatic carbocycles. The van der Waals surface area contributed by atoms with E-state index in [4.69, 9.17) is 21.6 Å². The van der Waals surface area contributed by atoms with E-state index in [1.165, 1.54) is 24.3 Å². The Morgan fingerprint density at radius 2 is 1.86 bits per heavy atom. The highest BCUT2D eigenvalue weighted by atomic mass is 35.5. The fraction of sp³-hybridized carbons (Fsp3) is 0.100. The molecule has 0 saturated heterocycles. The lowest BCUT2D eigenvalue weighted by molar-refractivity contribution is 0.0727. The lowest BCUT2D eigenvalue weighted by atomic mass is 10.1. The number of nitrogens with zero attached hydrogens (tertiary/aromatic N) is 3. The van der Waals surface area contributed by atoms with Gasteiger partial charge in [0.15, 0.2) is 5.69 Å². The first-order valence-electron chi connectivity index (χ1n) is 8.32. The van der Waals surface area contributed by atoms with Gasteiger partial charge < -0.3 is 4.74 Å². The van der Waals surface area contributed by atoms with Crippen molar-refractivity contribution in [3.63, 3.8) is 0 Å². The smallest absolute Gasteiger partial charge is 0.364 e. The van der Waals surface area contributed by atoms with Crippen molar-refractivity contribution >= 4 is 27.4 Å². The van der Waals surface area contributed by atoms with Crippen LogP contribution in [0.5, 0.6) is 5.75 Å². The Bertz CT molecular complexity index is 1220. The normalized spacial score (nSPS) is 10.9. The van der Waals surface area contributed by atoms with E-state index >= 15 is 0 Å². The molecule has 0 spiro atoms. The maximum atomic E-state index is 12.7. The summed E-state index contributed by atoms with van der Waals surface area (Å²) in [5.74, 6) is -1.09. The number of sulfone groups is 1. The van der Waals surface area contributed by atoms with Gasteiger partial charge in [-0.1, -0.05) is 35.9 Å². The second-order valence-electron chi connectivity index (χ2n) is 6.06. The van der Waals surface area contributed by atoms with Crippen LogP contribution in [0.1, 0.15) is 27.2 Å². The first kappa shape index (κ1) is 20.5. The van der Waals surface area contributed by atoms with Gasteiger partial charge in [0.1, 0.15) is 5.75 Å². The van der Waals surface area contributed by atoms with E-state index in [2.05, 4.69) is 9.97 Å². The SMILES string of the molecule is Cc1ccccc1CS(=O)(=O)c1ncc(Cl)c(C(=O)Oc2ccc(C#N)cc2)n1. The molecule has 9 heteroatoms. The summed E-state index contributed by atoms with van der Waals surface area (Å²) in [6.45, 7) is 1.80. The van der Waals surface area contributed by atoms with Crippen molar-refractivity contribution in [2.75, 3.05) is 0 Å². The molecule has 3 aromatic rings. The zero-order valence-electron chi connectivity index (χ0n) is 15.2. The van der Waals surface area contributed by atoms with Crippen LogP contribution in [0.15, 0.2) is 59.9 Å². The Labute approximate surface area is 172 Å². The van der Waals surface area contributed by atoms with Crippen molar-refractivity contribution in [2.45, 2.75) is 17.8 Å². The van der Waals surface area contributed by atoms with Gasteiger partial charge in [0.25, 0.3) is 0 Å². The zero-order valence-corrected chi connectivity index (χ0v) is 16.7. The van der Waals surface area contributed by atoms with Crippen LogP contribution in [-0.2, 0) is 15.6 Å². The van der Waals surface area contributed by atoms with Crippen LogP contribution in [0, 0.1) is 18.3 Å². The fourth-order valence-electron chi connectivity index (χ4n) is 2.44. The number of esters is 1. The van der Waals surface area contributed by atoms with E-state index in [0.717, 1.165) is 11.8 Å². The van der Waals surface area contributed by atoms with E-state index in [0.29, 0.717) is 11.1 Å². The Morgan fingerprint density at radius 1 is 1.17 bits per heavy atom. The van der Waals surface area contributed by atoms with E-state index in [1.807, 2.05) is 12.1 Å². The van der Waals surface area contributed by atoms with Gasteiger partial charge >= 0.3 is 5.97 Å². The van der Waals surface area contributed by atoms with Crippen molar-refractivity contribution < 1.29 is 17.9 Å². The maximum Gasteiger partial charge on any atom is 0.364 e. The molecular weight excluding hydrogens is 414 g/mol. The molecular formula is C20H14ClN3O4S. The molecule has 1 aromatic heterocycles. The molecule has 0 radical (unpaired) electrons. The number of carbonyl (C=O) groups excluding carboxylic acids is 1. The van der Waals surface area contributed by atoms with Crippen LogP contribution >= 0.6 is 11.6 Å². The molecule has 0 aliphatic heterocycles. The first-order valence-corrected chi connectivity index (χ1v) is 10.4. The van der Waals surface area contributed by atoms with Gasteiger partial charge in [0.05, 0.1) is 28.6 Å². The summed E-state index contributed by atoms with van der Waals surface area (Å²) >= 11 is 5.98. The Balaban J connectivity index is 1.87. The summed E-state index contributed by atoms with van der Waals surface area (Å²) < 4.78 is 30.6. The van der Waals surface area contributed by atoms with Crippen LogP contribution < -0.4 is 4.74 Å². The molecule has 1 heterocycles. The van der Waals surface area contributed by atoms with Gasteiger partial charge in [-0.25, -0.2) is 23.2 Å². The Kier molecular flexibility index (Phi) is 5.92. The summed E-state index contributed by atoms with van der Waals surface area (Å²) in [4.78, 5) is 20.0. The van der Waals surface area contributed by atoms with E-state index in [9.17, 15) is 13.2 Å². The fourth-order valence-corrected chi connectivity index (χ4v) is 3.91. The topological polar surface area (TPSA) is 110 Å². The third-order valence-corrected chi connectivity index (χ3v) is 5.71. The first-order chi connectivity index (χ1) is 13.8. The van der Waals surface area contributed by atoms with E-state index < -0.39 is 21.0 Å². The molecule has 0 atom stereocenters. The average molecular weight is 428 g/mol. The number of rotatable bonds is 5. The number of nitriles is 1. The molecule has 0 N–H and O–H groups in total. The molecule has 2 aromatic carbocycles. The molecule has 29 heavy (non-hydrogen) atoms. The number of halogens is 1. The van der Waals surface area contributed by atoms with Crippen LogP contribution in [0.4, 0.5) is 0 Å². The van der Waals surface area contributed by atoms with Crippen LogP contribution in [0.3, 0.4) is 0 Å². The minimum Gasteiger partial charge on any atom is -0.422 e. The van der Waals surface area contributed by atoms with Gasteiger partial charge in [0.2, 0.25) is 15.0 Å². The van der Waals surface area contributed by atoms with Gasteiger partial charge in [-0.3, -0.25) is 0 Å². The van der Waals surface area contributed by atoms with Crippen molar-refractivity contribution in [1.82, 2.24) is 9.97 Å². The molecule has 3 rings (SSSR count). The molecule has 0 aliphatic rings. The number of aromatic nitrogens is 2. The number of benzene rings is 2. The maximum absolute atomic E-state index is 12.7. The van der Waals surface area contributed by atoms with Crippen LogP contribution in [0.2, 0.25) is 5.02 Å². The number of aryl methyl sites for hydroxylation is 1. The molecule has 0 bridgehead atoms. The third-order valence-electron chi connectivity index (χ3n) is 3.99. The molecule has 7 nitrogen and oxygen atoms in total. The summed E-state index contributed by atoms with van der Waals surface area (Å²) in [6, 6.07) is 14.8. The lowest BCUT2D eigenvalue weighted by Gasteiger charge is -2.09. The van der Waals surface area contributed by atoms with Crippen LogP contribution in [-0.4, -0.2) is 24.4 Å². The second kappa shape index (κ2) is 8.39. The quantitative estimate of drug-likeness (QED) is 0.348. The number of hydrogen-bond donors (Lipinski definition) is 0. The highest BCUT2D eigenvalue weighted by Crippen LogP contribution is 2.21. The Hall–Kier alpha value is -3.28. The standard InChI is InChI=1S/C20H14ClN3O4S/c1-13-4-2-3-5-15(13)12-29(26,27)20-23-11-17(21)18(24-20)19(25)28-16-8-6-14(10-22)7-9-16/h2-9,11H,12H2,1H3. The summed E-state index contributed by atoms with van der Waals surface area (Å²) in [7, 11) is -3.92. The average Bonchev–Trinajstić information content (AvgIpc) is 2.70. The third kappa shape index (κ3) is 4.77. The van der Waals surface area contributed by atoms with Gasteiger partial charge in [0, 0.05) is 0 Å². The highest BCUT2D eigenvalue weighted by Gasteiger charge is 2.24. The summed E-state index contributed by atoms with van der Waals surface area (Å²) in [5.41, 5.74) is 1.45. The highest BCUT2D eigenvalue weighted by molar-refractivity contribution is 7.90. The zero-order chi connectivity index (χ0) is 21.0.